The van der Waals surface area contributed by atoms with Crippen LogP contribution >= 0.6 is 0 Å². The van der Waals surface area contributed by atoms with Gasteiger partial charge in [-0.15, -0.1) is 0 Å². The summed E-state index contributed by atoms with van der Waals surface area (Å²) in [6, 6.07) is 3.04. The molecule has 0 aromatic carbocycles. The second kappa shape index (κ2) is 7.01. The molecule has 0 aliphatic carbocycles. The highest BCUT2D eigenvalue weighted by Crippen LogP contribution is 2.40. The molecule has 0 radical (unpaired) electrons. The summed E-state index contributed by atoms with van der Waals surface area (Å²) in [7, 11) is 0. The number of hydrogen-bond acceptors (Lipinski definition) is 8. The van der Waals surface area contributed by atoms with E-state index >= 15 is 0 Å². The molecule has 10 nitrogen and oxygen atoms in total. The minimum absolute atomic E-state index is 0.0333. The summed E-state index contributed by atoms with van der Waals surface area (Å²) in [4.78, 5) is 15.7. The Morgan fingerprint density at radius 3 is 2.96 bits per heavy atom. The van der Waals surface area contributed by atoms with Gasteiger partial charge in [-0.05, 0) is 17.5 Å². The second-order valence-electron chi connectivity index (χ2n) is 7.95. The highest BCUT2D eigenvalue weighted by atomic mass is 16.6. The van der Waals surface area contributed by atoms with Gasteiger partial charge in [-0.25, -0.2) is 4.98 Å². The number of nitrogens with one attached hydrogen (secondary N) is 2. The van der Waals surface area contributed by atoms with Crippen LogP contribution in [-0.2, 0) is 19.9 Å². The van der Waals surface area contributed by atoms with Crippen molar-refractivity contribution in [3.8, 4) is 6.07 Å². The molecule has 4 N–H and O–H groups in total. The van der Waals surface area contributed by atoms with Crippen LogP contribution in [0, 0.1) is 22.2 Å². The maximum Gasteiger partial charge on any atom is 0.306 e. The number of aliphatic hydroxyl groups is 2. The Labute approximate surface area is 162 Å². The molecular formula is C18H23N5O5. The number of fused-ring (bicyclic) bond motifs is 1. The van der Waals surface area contributed by atoms with Gasteiger partial charge < -0.3 is 19.7 Å². The SMILES string of the molecule is [2H]c1cc([C@]2(C#N)O[C@H](COC(=O)CC(C)(C)C)[C@@H](O)[C@H]2O)n2[nH]cnc(=N)c12. The van der Waals surface area contributed by atoms with Crippen LogP contribution in [0.25, 0.3) is 5.52 Å². The van der Waals surface area contributed by atoms with Crippen LogP contribution in [0.1, 0.15) is 34.3 Å². The predicted octanol–water partition coefficient (Wildman–Crippen LogP) is -0.0393. The van der Waals surface area contributed by atoms with Crippen LogP contribution < -0.4 is 5.49 Å². The van der Waals surface area contributed by atoms with E-state index in [-0.39, 0.29) is 41.2 Å². The molecule has 0 spiro atoms. The fraction of sp³-hybridized carbons (Fsp3) is 0.556. The lowest BCUT2D eigenvalue weighted by Crippen LogP contribution is -2.41. The van der Waals surface area contributed by atoms with E-state index in [9.17, 15) is 20.3 Å². The standard InChI is InChI=1S/C18H23N5O5/c1-17(2,3)6-13(24)27-7-11-14(25)15(26)18(8-19,28-11)12-5-4-10-16(20)21-9-22-23(10)12/h4-5,9,11,14-15,25-26H,6-7H2,1-3H3,(H2,20,21,22)/t11-,14-,15-,18+/m1/s1/i4D. The molecule has 150 valence electrons. The molecule has 0 saturated carbocycles. The van der Waals surface area contributed by atoms with Crippen molar-refractivity contribution in [1.82, 2.24) is 14.6 Å². The molecule has 28 heavy (non-hydrogen) atoms. The molecular weight excluding hydrogens is 366 g/mol. The number of aromatic nitrogens is 3. The van der Waals surface area contributed by atoms with Crippen LogP contribution in [0.5, 0.6) is 0 Å². The number of rotatable bonds is 4. The van der Waals surface area contributed by atoms with Gasteiger partial charge in [-0.1, -0.05) is 20.8 Å². The molecule has 3 rings (SSSR count). The average Bonchev–Trinajstić information content (AvgIpc) is 3.09. The van der Waals surface area contributed by atoms with Crippen molar-refractivity contribution in [3.05, 3.63) is 29.6 Å². The van der Waals surface area contributed by atoms with Gasteiger partial charge in [0.2, 0.25) is 5.60 Å². The molecule has 2 aromatic rings. The first-order chi connectivity index (χ1) is 13.5. The van der Waals surface area contributed by atoms with Crippen molar-refractivity contribution in [3.63, 3.8) is 0 Å². The van der Waals surface area contributed by atoms with Gasteiger partial charge in [0.15, 0.2) is 5.49 Å². The van der Waals surface area contributed by atoms with E-state index in [0.717, 1.165) is 0 Å². The van der Waals surface area contributed by atoms with Crippen molar-refractivity contribution < 1.29 is 25.9 Å². The molecule has 2 aromatic heterocycles. The Morgan fingerprint density at radius 2 is 2.32 bits per heavy atom. The summed E-state index contributed by atoms with van der Waals surface area (Å²) < 4.78 is 20.2. The first-order valence-corrected chi connectivity index (χ1v) is 8.72. The summed E-state index contributed by atoms with van der Waals surface area (Å²) >= 11 is 0. The highest BCUT2D eigenvalue weighted by Gasteiger charge is 2.57. The van der Waals surface area contributed by atoms with E-state index in [4.69, 9.17) is 16.3 Å². The fourth-order valence-corrected chi connectivity index (χ4v) is 3.16. The first kappa shape index (κ1) is 18.6. The maximum absolute atomic E-state index is 12.0. The van der Waals surface area contributed by atoms with E-state index < -0.39 is 29.9 Å². The van der Waals surface area contributed by atoms with E-state index in [1.165, 1.54) is 16.9 Å². The number of hydrogen-bond donors (Lipinski definition) is 4. The molecule has 10 heteroatoms. The number of carbonyl (C=O) groups is 1. The lowest BCUT2D eigenvalue weighted by Gasteiger charge is -2.24. The van der Waals surface area contributed by atoms with E-state index in [0.29, 0.717) is 0 Å². The van der Waals surface area contributed by atoms with Crippen molar-refractivity contribution in [2.24, 2.45) is 5.41 Å². The first-order valence-electron chi connectivity index (χ1n) is 9.22. The van der Waals surface area contributed by atoms with Gasteiger partial charge in [0.25, 0.3) is 0 Å². The Hall–Kier alpha value is -2.74. The van der Waals surface area contributed by atoms with Crippen molar-refractivity contribution in [2.75, 3.05) is 6.61 Å². The monoisotopic (exact) mass is 390 g/mol. The van der Waals surface area contributed by atoms with Crippen LogP contribution in [0.2, 0.25) is 0 Å². The zero-order valence-electron chi connectivity index (χ0n) is 16.8. The molecule has 1 saturated heterocycles. The number of nitriles is 1. The number of esters is 1. The van der Waals surface area contributed by atoms with Gasteiger partial charge >= 0.3 is 5.97 Å². The van der Waals surface area contributed by atoms with Gasteiger partial charge in [0.05, 0.1) is 13.5 Å². The van der Waals surface area contributed by atoms with Crippen LogP contribution in [0.3, 0.4) is 0 Å². The summed E-state index contributed by atoms with van der Waals surface area (Å²) in [5.74, 6) is -0.489. The van der Waals surface area contributed by atoms with Crippen molar-refractivity contribution in [1.29, 1.82) is 10.7 Å². The van der Waals surface area contributed by atoms with E-state index in [1.54, 1.807) is 0 Å². The van der Waals surface area contributed by atoms with Gasteiger partial charge in [0, 0.05) is 0 Å². The summed E-state index contributed by atoms with van der Waals surface area (Å²) in [5.41, 5.74) is -2.40. The zero-order valence-corrected chi connectivity index (χ0v) is 15.8. The summed E-state index contributed by atoms with van der Waals surface area (Å²) in [5, 5.41) is 41.5. The third kappa shape index (κ3) is 3.40. The third-order valence-corrected chi connectivity index (χ3v) is 4.50. The van der Waals surface area contributed by atoms with Gasteiger partial charge in [0.1, 0.15) is 42.8 Å². The molecule has 1 fully saturated rings. The maximum atomic E-state index is 12.0. The Morgan fingerprint density at radius 1 is 1.61 bits per heavy atom. The molecule has 3 heterocycles. The molecule has 1 aliphatic rings. The van der Waals surface area contributed by atoms with Crippen LogP contribution in [-0.4, -0.2) is 55.7 Å². The quantitative estimate of drug-likeness (QED) is 0.534. The Balaban J connectivity index is 1.91. The van der Waals surface area contributed by atoms with E-state index in [2.05, 4.69) is 10.1 Å². The lowest BCUT2D eigenvalue weighted by molar-refractivity contribution is -0.152. The number of aliphatic hydroxyl groups excluding tert-OH is 2. The number of aromatic amines is 1. The number of carbonyl (C=O) groups excluding carboxylic acids is 1. The van der Waals surface area contributed by atoms with Crippen molar-refractivity contribution in [2.45, 2.75) is 51.1 Å². The van der Waals surface area contributed by atoms with E-state index in [1.807, 2.05) is 26.8 Å². The third-order valence-electron chi connectivity index (χ3n) is 4.50. The molecule has 4 atom stereocenters. The summed E-state index contributed by atoms with van der Waals surface area (Å²) in [6.07, 6.45) is -2.97. The number of nitrogens with zero attached hydrogens (tertiary/aromatic N) is 3. The largest absolute Gasteiger partial charge is 0.463 e. The number of H-pyrrole nitrogens is 1. The number of ether oxygens (including phenoxy) is 2. The van der Waals surface area contributed by atoms with Crippen molar-refractivity contribution >= 4 is 11.5 Å². The molecule has 0 bridgehead atoms. The second-order valence-corrected chi connectivity index (χ2v) is 7.95. The minimum atomic E-state index is -2.03. The smallest absolute Gasteiger partial charge is 0.306 e. The fourth-order valence-electron chi connectivity index (χ4n) is 3.16. The predicted molar refractivity (Wildman–Crippen MR) is 94.6 cm³/mol. The zero-order chi connectivity index (χ0) is 21.6. The topological polar surface area (TPSA) is 157 Å². The lowest BCUT2D eigenvalue weighted by atomic mass is 9.92. The van der Waals surface area contributed by atoms with Crippen LogP contribution in [0.15, 0.2) is 18.4 Å². The molecule has 1 aliphatic heterocycles. The van der Waals surface area contributed by atoms with Crippen LogP contribution in [0.4, 0.5) is 0 Å². The normalized spacial score (nSPS) is 28.1. The average molecular weight is 390 g/mol. The Kier molecular flexibility index (Phi) is 4.66. The Bertz CT molecular complexity index is 1040. The minimum Gasteiger partial charge on any atom is -0.463 e. The highest BCUT2D eigenvalue weighted by molar-refractivity contribution is 5.70. The van der Waals surface area contributed by atoms with Gasteiger partial charge in [-0.2, -0.15) is 5.26 Å². The summed E-state index contributed by atoms with van der Waals surface area (Å²) in [6.45, 7) is 5.29. The molecule has 0 amide bonds. The van der Waals surface area contributed by atoms with Gasteiger partial charge in [-0.3, -0.25) is 19.8 Å². The molecule has 0 unspecified atom stereocenters.